The first kappa shape index (κ1) is 14.1. The number of aliphatic hydroxyl groups is 1. The van der Waals surface area contributed by atoms with Crippen molar-refractivity contribution in [1.82, 2.24) is 0 Å². The summed E-state index contributed by atoms with van der Waals surface area (Å²) < 4.78 is 47.2. The van der Waals surface area contributed by atoms with Gasteiger partial charge in [-0.15, -0.1) is 0 Å². The van der Waals surface area contributed by atoms with Crippen molar-refractivity contribution < 1.29 is 22.3 Å². The molecule has 17 heavy (non-hydrogen) atoms. The van der Waals surface area contributed by atoms with Crippen molar-refractivity contribution in [2.75, 3.05) is 12.0 Å². The Kier molecular flexibility index (Phi) is 4.59. The first-order valence-electron chi connectivity index (χ1n) is 5.07. The number of aliphatic hydroxyl groups excluding tert-OH is 1. The Bertz CT molecular complexity index is 485. The van der Waals surface area contributed by atoms with Crippen LogP contribution in [0.25, 0.3) is 0 Å². The van der Waals surface area contributed by atoms with Crippen LogP contribution in [0, 0.1) is 11.6 Å². The zero-order chi connectivity index (χ0) is 13.1. The lowest BCUT2D eigenvalue weighted by molar-refractivity contribution is 0.171. The number of benzene rings is 1. The van der Waals surface area contributed by atoms with Gasteiger partial charge in [-0.2, -0.15) is 0 Å². The molecule has 1 atom stereocenters. The second-order valence-electron chi connectivity index (χ2n) is 4.02. The van der Waals surface area contributed by atoms with E-state index in [1.54, 1.807) is 0 Å². The molecule has 96 valence electrons. The van der Waals surface area contributed by atoms with E-state index in [2.05, 4.69) is 0 Å². The maximum absolute atomic E-state index is 12.9. The summed E-state index contributed by atoms with van der Waals surface area (Å²) in [5, 5.41) is 9.55. The fraction of sp³-hybridized carbons (Fsp3) is 0.455. The van der Waals surface area contributed by atoms with Crippen LogP contribution in [0.1, 0.15) is 12.0 Å². The van der Waals surface area contributed by atoms with E-state index in [0.717, 1.165) is 18.4 Å². The topological polar surface area (TPSA) is 54.4 Å². The molecule has 0 spiro atoms. The zero-order valence-electron chi connectivity index (χ0n) is 9.36. The van der Waals surface area contributed by atoms with Gasteiger partial charge in [0.1, 0.15) is 9.84 Å². The highest BCUT2D eigenvalue weighted by Gasteiger charge is 2.11. The predicted molar refractivity (Wildman–Crippen MR) is 60.4 cm³/mol. The van der Waals surface area contributed by atoms with Crippen LogP contribution in [0.3, 0.4) is 0 Å². The molecule has 0 heterocycles. The van der Waals surface area contributed by atoms with E-state index in [0.29, 0.717) is 5.56 Å². The maximum Gasteiger partial charge on any atom is 0.159 e. The van der Waals surface area contributed by atoms with Crippen LogP contribution in [-0.4, -0.2) is 31.6 Å². The molecular formula is C11H14F2O3S. The molecule has 1 unspecified atom stereocenters. The summed E-state index contributed by atoms with van der Waals surface area (Å²) in [7, 11) is -3.12. The SMILES string of the molecule is CS(=O)(=O)CCC(O)Cc1ccc(F)c(F)c1. The van der Waals surface area contributed by atoms with Crippen molar-refractivity contribution in [3.05, 3.63) is 35.4 Å². The third-order valence-corrected chi connectivity index (χ3v) is 3.25. The van der Waals surface area contributed by atoms with Gasteiger partial charge in [0, 0.05) is 6.26 Å². The lowest BCUT2D eigenvalue weighted by Crippen LogP contribution is -2.16. The van der Waals surface area contributed by atoms with Crippen LogP contribution >= 0.6 is 0 Å². The van der Waals surface area contributed by atoms with Gasteiger partial charge in [-0.25, -0.2) is 17.2 Å². The number of hydrogen-bond acceptors (Lipinski definition) is 3. The molecule has 0 aliphatic carbocycles. The van der Waals surface area contributed by atoms with Crippen LogP contribution in [0.15, 0.2) is 18.2 Å². The second-order valence-corrected chi connectivity index (χ2v) is 6.28. The summed E-state index contributed by atoms with van der Waals surface area (Å²) in [5.74, 6) is -2.05. The Balaban J connectivity index is 2.56. The molecule has 0 aromatic heterocycles. The summed E-state index contributed by atoms with van der Waals surface area (Å²) >= 11 is 0. The monoisotopic (exact) mass is 264 g/mol. The van der Waals surface area contributed by atoms with Gasteiger partial charge in [0.15, 0.2) is 11.6 Å². The lowest BCUT2D eigenvalue weighted by Gasteiger charge is -2.10. The minimum Gasteiger partial charge on any atom is -0.393 e. The van der Waals surface area contributed by atoms with E-state index in [1.807, 2.05) is 0 Å². The number of halogens is 2. The minimum atomic E-state index is -3.12. The second kappa shape index (κ2) is 5.55. The Morgan fingerprint density at radius 1 is 1.29 bits per heavy atom. The normalized spacial score (nSPS) is 13.6. The lowest BCUT2D eigenvalue weighted by atomic mass is 10.1. The highest BCUT2D eigenvalue weighted by atomic mass is 32.2. The molecule has 0 radical (unpaired) electrons. The number of sulfone groups is 1. The molecule has 3 nitrogen and oxygen atoms in total. The van der Waals surface area contributed by atoms with Gasteiger partial charge < -0.3 is 5.11 Å². The molecule has 1 aromatic rings. The van der Waals surface area contributed by atoms with E-state index in [4.69, 9.17) is 0 Å². The van der Waals surface area contributed by atoms with Gasteiger partial charge in [-0.3, -0.25) is 0 Å². The smallest absolute Gasteiger partial charge is 0.159 e. The van der Waals surface area contributed by atoms with Crippen LogP contribution in [0.4, 0.5) is 8.78 Å². The van der Waals surface area contributed by atoms with Crippen molar-refractivity contribution in [3.8, 4) is 0 Å². The van der Waals surface area contributed by atoms with Gasteiger partial charge in [0.2, 0.25) is 0 Å². The van der Waals surface area contributed by atoms with Crippen LogP contribution < -0.4 is 0 Å². The van der Waals surface area contributed by atoms with Crippen molar-refractivity contribution in [2.24, 2.45) is 0 Å². The average Bonchev–Trinajstić information content (AvgIpc) is 2.20. The minimum absolute atomic E-state index is 0.0812. The number of hydrogen-bond donors (Lipinski definition) is 1. The van der Waals surface area contributed by atoms with Gasteiger partial charge in [0.25, 0.3) is 0 Å². The molecule has 0 bridgehead atoms. The molecule has 0 fully saturated rings. The van der Waals surface area contributed by atoms with E-state index >= 15 is 0 Å². The molecule has 1 N–H and O–H groups in total. The largest absolute Gasteiger partial charge is 0.393 e. The highest BCUT2D eigenvalue weighted by Crippen LogP contribution is 2.12. The van der Waals surface area contributed by atoms with Crippen molar-refractivity contribution in [3.63, 3.8) is 0 Å². The molecule has 0 aliphatic heterocycles. The Labute approximate surface area is 99.0 Å². The summed E-state index contributed by atoms with van der Waals surface area (Å²) in [6.45, 7) is 0. The van der Waals surface area contributed by atoms with Gasteiger partial charge in [0.05, 0.1) is 11.9 Å². The van der Waals surface area contributed by atoms with Gasteiger partial charge in [-0.1, -0.05) is 6.07 Å². The van der Waals surface area contributed by atoms with Gasteiger partial charge in [-0.05, 0) is 30.5 Å². The zero-order valence-corrected chi connectivity index (χ0v) is 10.2. The fourth-order valence-electron chi connectivity index (χ4n) is 1.39. The molecular weight excluding hydrogens is 250 g/mol. The summed E-state index contributed by atoms with van der Waals surface area (Å²) in [6.07, 6.45) is 0.386. The highest BCUT2D eigenvalue weighted by molar-refractivity contribution is 7.90. The standard InChI is InChI=1S/C11H14F2O3S/c1-17(15,16)5-4-9(14)6-8-2-3-10(12)11(13)7-8/h2-3,7,9,14H,4-6H2,1H3. The number of rotatable bonds is 5. The summed E-state index contributed by atoms with van der Waals surface area (Å²) in [5.41, 5.74) is 0.435. The summed E-state index contributed by atoms with van der Waals surface area (Å²) in [6, 6.07) is 3.34. The summed E-state index contributed by atoms with van der Waals surface area (Å²) in [4.78, 5) is 0. The Morgan fingerprint density at radius 3 is 2.47 bits per heavy atom. The third-order valence-electron chi connectivity index (χ3n) is 2.28. The first-order chi connectivity index (χ1) is 7.78. The van der Waals surface area contributed by atoms with Crippen molar-refractivity contribution in [2.45, 2.75) is 18.9 Å². The van der Waals surface area contributed by atoms with E-state index < -0.39 is 27.6 Å². The molecule has 1 rings (SSSR count). The average molecular weight is 264 g/mol. The predicted octanol–water partition coefficient (Wildman–Crippen LogP) is 1.30. The molecule has 0 saturated heterocycles. The quantitative estimate of drug-likeness (QED) is 0.872. The molecule has 1 aromatic carbocycles. The molecule has 0 aliphatic rings. The Hall–Kier alpha value is -1.01. The Morgan fingerprint density at radius 2 is 1.94 bits per heavy atom. The first-order valence-corrected chi connectivity index (χ1v) is 7.14. The van der Waals surface area contributed by atoms with Gasteiger partial charge >= 0.3 is 0 Å². The molecule has 0 saturated carbocycles. The van der Waals surface area contributed by atoms with Crippen LogP contribution in [0.5, 0.6) is 0 Å². The van der Waals surface area contributed by atoms with Crippen LogP contribution in [-0.2, 0) is 16.3 Å². The van der Waals surface area contributed by atoms with E-state index in [-0.39, 0.29) is 18.6 Å². The fourth-order valence-corrected chi connectivity index (χ4v) is 2.09. The third kappa shape index (κ3) is 5.23. The molecule has 0 amide bonds. The van der Waals surface area contributed by atoms with E-state index in [9.17, 15) is 22.3 Å². The molecule has 6 heteroatoms. The maximum atomic E-state index is 12.9. The van der Waals surface area contributed by atoms with Crippen LogP contribution in [0.2, 0.25) is 0 Å². The van der Waals surface area contributed by atoms with E-state index in [1.165, 1.54) is 6.07 Å². The van der Waals surface area contributed by atoms with Crippen molar-refractivity contribution >= 4 is 9.84 Å². The van der Waals surface area contributed by atoms with Crippen molar-refractivity contribution in [1.29, 1.82) is 0 Å².